The third kappa shape index (κ3) is 9.68. The van der Waals surface area contributed by atoms with Gasteiger partial charge in [-0.3, -0.25) is 4.79 Å². The number of alkyl carbamates (subject to hydrolysis) is 1. The van der Waals surface area contributed by atoms with E-state index < -0.39 is 41.9 Å². The quantitative estimate of drug-likeness (QED) is 0.212. The average molecular weight is 611 g/mol. The van der Waals surface area contributed by atoms with Crippen molar-refractivity contribution in [1.82, 2.24) is 10.6 Å². The number of hydrogen-bond donors (Lipinski definition) is 5. The molecule has 0 heterocycles. The minimum Gasteiger partial charge on any atom is -0.491 e. The number of amides is 2. The first kappa shape index (κ1) is 33.7. The first-order valence-corrected chi connectivity index (χ1v) is 16.1. The molecule has 0 spiro atoms. The van der Waals surface area contributed by atoms with E-state index in [2.05, 4.69) is 10.6 Å². The Kier molecular flexibility index (Phi) is 12.1. The number of benzene rings is 2. The maximum absolute atomic E-state index is 13.3. The topological polar surface area (TPSA) is 137 Å². The summed E-state index contributed by atoms with van der Waals surface area (Å²) in [6, 6.07) is 13.9. The van der Waals surface area contributed by atoms with E-state index in [0.717, 1.165) is 36.8 Å². The second-order valence-electron chi connectivity index (χ2n) is 13.3. The van der Waals surface area contributed by atoms with Crippen molar-refractivity contribution in [1.29, 1.82) is 0 Å². The smallest absolute Gasteiger partial charge is 0.407 e. The van der Waals surface area contributed by atoms with Crippen LogP contribution >= 0.6 is 0 Å². The summed E-state index contributed by atoms with van der Waals surface area (Å²) in [5.41, 5.74) is 1.91. The molecule has 0 aromatic heterocycles. The molecule has 9 nitrogen and oxygen atoms in total. The Bertz CT molecular complexity index is 1210. The minimum atomic E-state index is -0.976. The van der Waals surface area contributed by atoms with Gasteiger partial charge in [0.15, 0.2) is 0 Å². The molecule has 1 unspecified atom stereocenters. The van der Waals surface area contributed by atoms with Crippen molar-refractivity contribution in [3.8, 4) is 5.75 Å². The normalized spacial score (nSPS) is 20.7. The molecule has 242 valence electrons. The summed E-state index contributed by atoms with van der Waals surface area (Å²) in [6.45, 7) is 5.51. The summed E-state index contributed by atoms with van der Waals surface area (Å²) < 4.78 is 11.1. The van der Waals surface area contributed by atoms with Gasteiger partial charge in [-0.25, -0.2) is 4.79 Å². The molecule has 4 rings (SSSR count). The number of nitrogens with one attached hydrogen (secondary N) is 2. The fraction of sp³-hybridized carbons (Fsp3) is 0.600. The lowest BCUT2D eigenvalue weighted by molar-refractivity contribution is -0.123. The van der Waals surface area contributed by atoms with E-state index in [9.17, 15) is 19.8 Å². The number of ether oxygens (including phenoxy) is 2. The van der Waals surface area contributed by atoms with Gasteiger partial charge >= 0.3 is 6.09 Å². The van der Waals surface area contributed by atoms with E-state index in [1.54, 1.807) is 24.3 Å². The summed E-state index contributed by atoms with van der Waals surface area (Å²) in [6.07, 6.45) is 4.98. The Balaban J connectivity index is 1.55. The van der Waals surface area contributed by atoms with Crippen LogP contribution in [0.4, 0.5) is 4.79 Å². The predicted molar refractivity (Wildman–Crippen MR) is 168 cm³/mol. The lowest BCUT2D eigenvalue weighted by Gasteiger charge is -2.36. The monoisotopic (exact) mass is 610 g/mol. The van der Waals surface area contributed by atoms with Gasteiger partial charge in [0.05, 0.1) is 24.9 Å². The van der Waals surface area contributed by atoms with Crippen molar-refractivity contribution < 1.29 is 34.4 Å². The zero-order chi connectivity index (χ0) is 31.7. The van der Waals surface area contributed by atoms with Gasteiger partial charge in [0.1, 0.15) is 18.0 Å². The van der Waals surface area contributed by atoms with Crippen molar-refractivity contribution in [3.63, 3.8) is 0 Å². The molecule has 0 aliphatic heterocycles. The van der Waals surface area contributed by atoms with Crippen LogP contribution in [-0.2, 0) is 16.0 Å². The molecule has 2 aromatic carbocycles. The highest BCUT2D eigenvalue weighted by Gasteiger charge is 2.36. The lowest BCUT2D eigenvalue weighted by atomic mass is 9.77. The van der Waals surface area contributed by atoms with Gasteiger partial charge < -0.3 is 35.4 Å². The van der Waals surface area contributed by atoms with Crippen molar-refractivity contribution in [2.75, 3.05) is 13.2 Å². The van der Waals surface area contributed by atoms with Crippen molar-refractivity contribution in [2.24, 2.45) is 11.8 Å². The van der Waals surface area contributed by atoms with E-state index in [0.29, 0.717) is 36.5 Å². The van der Waals surface area contributed by atoms with Gasteiger partial charge in [-0.2, -0.15) is 0 Å². The minimum absolute atomic E-state index is 0.100. The first-order valence-electron chi connectivity index (χ1n) is 16.1. The molecule has 0 bridgehead atoms. The summed E-state index contributed by atoms with van der Waals surface area (Å²) in [5.74, 6) is 0.267. The molecule has 9 heteroatoms. The number of aliphatic hydroxyl groups excluding tert-OH is 3. The molecular formula is C35H50N2O7. The number of hydrogen-bond acceptors (Lipinski definition) is 7. The van der Waals surface area contributed by atoms with Crippen LogP contribution in [-0.4, -0.2) is 58.3 Å². The molecule has 2 aliphatic rings. The Morgan fingerprint density at radius 2 is 1.73 bits per heavy atom. The molecule has 0 radical (unpaired) electrons. The third-order valence-electron chi connectivity index (χ3n) is 8.74. The summed E-state index contributed by atoms with van der Waals surface area (Å²) in [5, 5.41) is 37.7. The molecular weight excluding hydrogens is 560 g/mol. The number of fused-ring (bicyclic) bond motifs is 1. The van der Waals surface area contributed by atoms with E-state index in [1.807, 2.05) is 45.0 Å². The molecule has 5 atom stereocenters. The van der Waals surface area contributed by atoms with Gasteiger partial charge in [-0.05, 0) is 68.4 Å². The first-order chi connectivity index (χ1) is 21.0. The average Bonchev–Trinajstić information content (AvgIpc) is 3.30. The summed E-state index contributed by atoms with van der Waals surface area (Å²) in [4.78, 5) is 26.4. The highest BCUT2D eigenvalue weighted by atomic mass is 16.6. The van der Waals surface area contributed by atoms with Crippen LogP contribution < -0.4 is 15.4 Å². The highest BCUT2D eigenvalue weighted by molar-refractivity contribution is 5.77. The Hall–Kier alpha value is -3.14. The Morgan fingerprint density at radius 3 is 2.41 bits per heavy atom. The maximum atomic E-state index is 13.3. The van der Waals surface area contributed by atoms with Crippen LogP contribution in [0.3, 0.4) is 0 Å². The van der Waals surface area contributed by atoms with Crippen LogP contribution in [0.2, 0.25) is 0 Å². The fourth-order valence-corrected chi connectivity index (χ4v) is 6.62. The molecule has 5 N–H and O–H groups in total. The van der Waals surface area contributed by atoms with Gasteiger partial charge in [-0.1, -0.05) is 68.5 Å². The largest absolute Gasteiger partial charge is 0.491 e. The molecule has 1 fully saturated rings. The Labute approximate surface area is 261 Å². The lowest BCUT2D eigenvalue weighted by Crippen LogP contribution is -2.46. The van der Waals surface area contributed by atoms with Crippen LogP contribution in [0.25, 0.3) is 0 Å². The molecule has 2 aliphatic carbocycles. The van der Waals surface area contributed by atoms with Gasteiger partial charge in [-0.15, -0.1) is 0 Å². The molecule has 1 saturated carbocycles. The number of carbonyl (C=O) groups excluding carboxylic acids is 2. The third-order valence-corrected chi connectivity index (χ3v) is 8.74. The van der Waals surface area contributed by atoms with Crippen LogP contribution in [0.5, 0.6) is 5.75 Å². The zero-order valence-electron chi connectivity index (χ0n) is 26.3. The standard InChI is InChI=1S/C35H50N2O7/c1-35(2,3)44-34(42)36-29(21-23-9-5-4-6-10-23)28(33(41)24-13-15-26(16-14-24)43-20-19-38)17-18-31(40)37-32-27-12-8-7-11-25(27)22-30(32)39/h7-8,11-16,23,28-30,32-33,38-39,41H,4-6,9-10,17-22H2,1-3H3,(H,36,42)(H,37,40)/t28-,29-,30+,32-,33?/m0/s1. The van der Waals surface area contributed by atoms with Crippen molar-refractivity contribution in [2.45, 2.75) is 108 Å². The van der Waals surface area contributed by atoms with Crippen LogP contribution in [0.1, 0.15) is 101 Å². The molecule has 2 amide bonds. The fourth-order valence-electron chi connectivity index (χ4n) is 6.62. The van der Waals surface area contributed by atoms with E-state index in [1.165, 1.54) is 6.42 Å². The van der Waals surface area contributed by atoms with Crippen molar-refractivity contribution in [3.05, 3.63) is 65.2 Å². The van der Waals surface area contributed by atoms with Crippen LogP contribution in [0.15, 0.2) is 48.5 Å². The SMILES string of the molecule is CC(C)(C)OC(=O)N[C@@H](CC1CCCCC1)[C@H](CCC(=O)N[C@H]1c2ccccc2C[C@H]1O)C(O)c1ccc(OCCO)cc1. The van der Waals surface area contributed by atoms with E-state index in [4.69, 9.17) is 14.6 Å². The van der Waals surface area contributed by atoms with Gasteiger partial charge in [0, 0.05) is 24.8 Å². The Morgan fingerprint density at radius 1 is 1.02 bits per heavy atom. The number of aliphatic hydroxyl groups is 3. The number of rotatable bonds is 13. The second kappa shape index (κ2) is 15.7. The van der Waals surface area contributed by atoms with Gasteiger partial charge in [0.25, 0.3) is 0 Å². The molecule has 0 saturated heterocycles. The highest BCUT2D eigenvalue weighted by Crippen LogP contribution is 2.36. The number of carbonyl (C=O) groups is 2. The van der Waals surface area contributed by atoms with E-state index >= 15 is 0 Å². The van der Waals surface area contributed by atoms with Gasteiger partial charge in [0.2, 0.25) is 5.91 Å². The van der Waals surface area contributed by atoms with E-state index in [-0.39, 0.29) is 25.5 Å². The molecule has 2 aromatic rings. The molecule has 44 heavy (non-hydrogen) atoms. The van der Waals surface area contributed by atoms with Crippen molar-refractivity contribution >= 4 is 12.0 Å². The predicted octanol–water partition coefficient (Wildman–Crippen LogP) is 5.13. The second-order valence-corrected chi connectivity index (χ2v) is 13.3. The summed E-state index contributed by atoms with van der Waals surface area (Å²) >= 11 is 0. The summed E-state index contributed by atoms with van der Waals surface area (Å²) in [7, 11) is 0. The maximum Gasteiger partial charge on any atom is 0.407 e. The van der Waals surface area contributed by atoms with Crippen LogP contribution in [0, 0.1) is 11.8 Å². The zero-order valence-corrected chi connectivity index (χ0v) is 26.3.